The number of ether oxygens (including phenoxy) is 2. The van der Waals surface area contributed by atoms with Crippen molar-refractivity contribution in [3.63, 3.8) is 0 Å². The van der Waals surface area contributed by atoms with Gasteiger partial charge in [-0.05, 0) is 7.05 Å². The Morgan fingerprint density at radius 1 is 1.36 bits per heavy atom. The van der Waals surface area contributed by atoms with Gasteiger partial charge < -0.3 is 9.47 Å². The van der Waals surface area contributed by atoms with Crippen LogP contribution in [0.1, 0.15) is 6.42 Å². The third-order valence-corrected chi connectivity index (χ3v) is 0.894. The third kappa shape index (κ3) is 5.35. The van der Waals surface area contributed by atoms with Gasteiger partial charge in [0.25, 0.3) is 0 Å². The van der Waals surface area contributed by atoms with Crippen molar-refractivity contribution >= 4 is 11.9 Å². The zero-order valence-corrected chi connectivity index (χ0v) is 6.55. The number of carbonyl (C=O) groups excluding carboxylic acids is 2. The predicted molar refractivity (Wildman–Crippen MR) is 36.7 cm³/mol. The average Bonchev–Trinajstić information content (AvgIpc) is 2.00. The number of nitrogens with one attached hydrogen (secondary N) is 1. The first-order valence-corrected chi connectivity index (χ1v) is 3.07. The number of esters is 2. The Labute approximate surface area is 64.7 Å². The molecule has 0 aromatic carbocycles. The zero-order chi connectivity index (χ0) is 8.69. The molecular weight excluding hydrogens is 150 g/mol. The van der Waals surface area contributed by atoms with E-state index in [1.54, 1.807) is 7.05 Å². The van der Waals surface area contributed by atoms with Crippen molar-refractivity contribution < 1.29 is 19.1 Å². The van der Waals surface area contributed by atoms with Crippen LogP contribution in [0.5, 0.6) is 0 Å². The molecule has 5 nitrogen and oxygen atoms in total. The SMILES string of the molecule is CNCOC(=O)CC(=O)OC. The van der Waals surface area contributed by atoms with Crippen LogP contribution >= 0.6 is 0 Å². The summed E-state index contributed by atoms with van der Waals surface area (Å²) in [6.07, 6.45) is -0.335. The van der Waals surface area contributed by atoms with E-state index in [-0.39, 0.29) is 13.2 Å². The first-order valence-electron chi connectivity index (χ1n) is 3.07. The lowest BCUT2D eigenvalue weighted by molar-refractivity contribution is -0.153. The monoisotopic (exact) mass is 161 g/mol. The van der Waals surface area contributed by atoms with Crippen LogP contribution in [0.25, 0.3) is 0 Å². The highest BCUT2D eigenvalue weighted by Gasteiger charge is 2.09. The normalized spacial score (nSPS) is 8.91. The van der Waals surface area contributed by atoms with Gasteiger partial charge in [0.2, 0.25) is 0 Å². The summed E-state index contributed by atoms with van der Waals surface area (Å²) in [5, 5.41) is 2.59. The van der Waals surface area contributed by atoms with Crippen molar-refractivity contribution in [3.05, 3.63) is 0 Å². The summed E-state index contributed by atoms with van der Waals surface area (Å²) in [6, 6.07) is 0. The van der Waals surface area contributed by atoms with E-state index in [0.29, 0.717) is 0 Å². The topological polar surface area (TPSA) is 64.6 Å². The predicted octanol–water partition coefficient (Wildman–Crippen LogP) is -0.730. The molecule has 0 aliphatic heterocycles. The van der Waals surface area contributed by atoms with E-state index in [0.717, 1.165) is 0 Å². The van der Waals surface area contributed by atoms with Gasteiger partial charge in [0, 0.05) is 0 Å². The summed E-state index contributed by atoms with van der Waals surface area (Å²) in [5.41, 5.74) is 0. The molecule has 5 heteroatoms. The van der Waals surface area contributed by atoms with Crippen LogP contribution in [0.3, 0.4) is 0 Å². The fourth-order valence-corrected chi connectivity index (χ4v) is 0.394. The summed E-state index contributed by atoms with van der Waals surface area (Å²) in [5.74, 6) is -1.18. The molecule has 0 aliphatic rings. The van der Waals surface area contributed by atoms with Gasteiger partial charge in [-0.3, -0.25) is 14.9 Å². The quantitative estimate of drug-likeness (QED) is 0.334. The molecule has 1 N–H and O–H groups in total. The second-order valence-electron chi connectivity index (χ2n) is 1.77. The number of hydrogen-bond acceptors (Lipinski definition) is 5. The van der Waals surface area contributed by atoms with Crippen LogP contribution in [0.15, 0.2) is 0 Å². The third-order valence-electron chi connectivity index (χ3n) is 0.894. The maximum absolute atomic E-state index is 10.6. The summed E-state index contributed by atoms with van der Waals surface area (Å²) < 4.78 is 8.75. The smallest absolute Gasteiger partial charge is 0.318 e. The number of rotatable bonds is 4. The molecule has 0 aromatic heterocycles. The lowest BCUT2D eigenvalue weighted by atomic mass is 10.4. The molecule has 0 rings (SSSR count). The zero-order valence-electron chi connectivity index (χ0n) is 6.55. The van der Waals surface area contributed by atoms with E-state index in [1.807, 2.05) is 0 Å². The van der Waals surface area contributed by atoms with E-state index in [9.17, 15) is 9.59 Å². The first kappa shape index (κ1) is 9.90. The summed E-state index contributed by atoms with van der Waals surface area (Å²) in [4.78, 5) is 21.1. The van der Waals surface area contributed by atoms with E-state index >= 15 is 0 Å². The van der Waals surface area contributed by atoms with Crippen LogP contribution in [0.2, 0.25) is 0 Å². The minimum absolute atomic E-state index is 0.107. The van der Waals surface area contributed by atoms with Crippen molar-refractivity contribution in [3.8, 4) is 0 Å². The van der Waals surface area contributed by atoms with Gasteiger partial charge in [-0.25, -0.2) is 0 Å². The molecular formula is C6H11NO4. The Kier molecular flexibility index (Phi) is 5.10. The van der Waals surface area contributed by atoms with Crippen LogP contribution in [-0.2, 0) is 19.1 Å². The molecule has 0 unspecified atom stereocenters. The van der Waals surface area contributed by atoms with Gasteiger partial charge in [-0.2, -0.15) is 0 Å². The van der Waals surface area contributed by atoms with Crippen LogP contribution in [-0.4, -0.2) is 32.8 Å². The maximum atomic E-state index is 10.6. The van der Waals surface area contributed by atoms with Crippen molar-refractivity contribution in [2.75, 3.05) is 20.9 Å². The van der Waals surface area contributed by atoms with Crippen molar-refractivity contribution in [1.29, 1.82) is 0 Å². The van der Waals surface area contributed by atoms with Crippen molar-refractivity contribution in [2.45, 2.75) is 6.42 Å². The van der Waals surface area contributed by atoms with Crippen molar-refractivity contribution in [1.82, 2.24) is 5.32 Å². The molecule has 64 valence electrons. The summed E-state index contributed by atoms with van der Waals surface area (Å²) >= 11 is 0. The molecule has 0 fully saturated rings. The van der Waals surface area contributed by atoms with Crippen molar-refractivity contribution in [2.24, 2.45) is 0 Å². The van der Waals surface area contributed by atoms with Gasteiger partial charge in [-0.15, -0.1) is 0 Å². The molecule has 0 spiro atoms. The largest absolute Gasteiger partial charge is 0.469 e. The Balaban J connectivity index is 3.44. The molecule has 0 aromatic rings. The lowest BCUT2D eigenvalue weighted by Gasteiger charge is -2.01. The molecule has 11 heavy (non-hydrogen) atoms. The Morgan fingerprint density at radius 2 is 2.00 bits per heavy atom. The second kappa shape index (κ2) is 5.67. The Morgan fingerprint density at radius 3 is 2.45 bits per heavy atom. The van der Waals surface area contributed by atoms with Gasteiger partial charge in [0.15, 0.2) is 0 Å². The van der Waals surface area contributed by atoms with E-state index in [1.165, 1.54) is 7.11 Å². The minimum Gasteiger partial charge on any atom is -0.469 e. The van der Waals surface area contributed by atoms with E-state index in [2.05, 4.69) is 14.8 Å². The highest BCUT2D eigenvalue weighted by molar-refractivity contribution is 5.91. The molecule has 0 radical (unpaired) electrons. The molecule has 0 heterocycles. The first-order chi connectivity index (χ1) is 5.20. The molecule has 0 atom stereocenters. The second-order valence-corrected chi connectivity index (χ2v) is 1.77. The van der Waals surface area contributed by atoms with Gasteiger partial charge in [-0.1, -0.05) is 0 Å². The Hall–Kier alpha value is -1.10. The average molecular weight is 161 g/mol. The molecule has 0 saturated heterocycles. The summed E-state index contributed by atoms with van der Waals surface area (Å²) in [6.45, 7) is 0.107. The van der Waals surface area contributed by atoms with Crippen LogP contribution < -0.4 is 5.32 Å². The van der Waals surface area contributed by atoms with Gasteiger partial charge in [0.1, 0.15) is 13.2 Å². The maximum Gasteiger partial charge on any atom is 0.318 e. The number of methoxy groups -OCH3 is 1. The van der Waals surface area contributed by atoms with E-state index in [4.69, 9.17) is 0 Å². The number of carbonyl (C=O) groups is 2. The molecule has 0 aliphatic carbocycles. The standard InChI is InChI=1S/C6H11NO4/c1-7-4-11-6(9)3-5(8)10-2/h7H,3-4H2,1-2H3. The van der Waals surface area contributed by atoms with Gasteiger partial charge in [0.05, 0.1) is 7.11 Å². The Bertz CT molecular complexity index is 146. The van der Waals surface area contributed by atoms with Gasteiger partial charge >= 0.3 is 11.9 Å². The minimum atomic E-state index is -0.592. The fraction of sp³-hybridized carbons (Fsp3) is 0.667. The van der Waals surface area contributed by atoms with Crippen LogP contribution in [0, 0.1) is 0 Å². The number of hydrogen-bond donors (Lipinski definition) is 1. The highest BCUT2D eigenvalue weighted by Crippen LogP contribution is 1.87. The fourth-order valence-electron chi connectivity index (χ4n) is 0.394. The van der Waals surface area contributed by atoms with Crippen LogP contribution in [0.4, 0.5) is 0 Å². The molecule has 0 amide bonds. The van der Waals surface area contributed by atoms with E-state index < -0.39 is 11.9 Å². The molecule has 0 bridgehead atoms. The lowest BCUT2D eigenvalue weighted by Crippen LogP contribution is -2.19. The summed E-state index contributed by atoms with van der Waals surface area (Å²) in [7, 11) is 2.85. The molecule has 0 saturated carbocycles. The highest BCUT2D eigenvalue weighted by atomic mass is 16.6.